The van der Waals surface area contributed by atoms with Crippen LogP contribution < -0.4 is 16.6 Å². The number of amides is 10. The van der Waals surface area contributed by atoms with E-state index in [0.29, 0.717) is 101 Å². The molecule has 31 heteroatoms. The number of nitrogens with zero attached hydrogens (tertiary/aromatic N) is 12. The van der Waals surface area contributed by atoms with Crippen molar-refractivity contribution in [2.45, 2.75) is 120 Å². The number of aromatic nitrogens is 4. The van der Waals surface area contributed by atoms with E-state index >= 15 is 0 Å². The van der Waals surface area contributed by atoms with Crippen LogP contribution in [-0.4, -0.2) is 193 Å². The molecule has 30 nitrogen and oxygen atoms in total. The average molecular weight is 1310 g/mol. The van der Waals surface area contributed by atoms with Crippen molar-refractivity contribution in [2.24, 2.45) is 5.84 Å². The average Bonchev–Trinajstić information content (AvgIpc) is 2.07. The van der Waals surface area contributed by atoms with Gasteiger partial charge in [0.05, 0.1) is 30.7 Å². The molecule has 0 unspecified atom stereocenters. The third kappa shape index (κ3) is 15.4. The third-order valence-electron chi connectivity index (χ3n) is 15.3. The second-order valence-corrected chi connectivity index (χ2v) is 20.4. The number of benzene rings is 3. The summed E-state index contributed by atoms with van der Waals surface area (Å²) in [6.45, 7) is 3.07. The van der Waals surface area contributed by atoms with Crippen molar-refractivity contribution >= 4 is 71.3 Å². The van der Waals surface area contributed by atoms with E-state index in [0.717, 1.165) is 47.4 Å². The normalized spacial score (nSPS) is 23.9. The van der Waals surface area contributed by atoms with Gasteiger partial charge in [0.25, 0.3) is 0 Å². The lowest BCUT2D eigenvalue weighted by molar-refractivity contribution is -0.143. The summed E-state index contributed by atoms with van der Waals surface area (Å²) in [6, 6.07) is 26.3. The van der Waals surface area contributed by atoms with E-state index in [-0.39, 0.29) is 72.8 Å². The summed E-state index contributed by atoms with van der Waals surface area (Å²) in [5.41, 5.74) is 4.75. The van der Waals surface area contributed by atoms with Crippen LogP contribution in [-0.2, 0) is 53.5 Å². The lowest BCUT2D eigenvalue weighted by Crippen LogP contribution is -2.50. The zero-order valence-corrected chi connectivity index (χ0v) is 48.8. The smallest absolute Gasteiger partial charge is 0.345 e. The van der Waals surface area contributed by atoms with Crippen LogP contribution in [0, 0.1) is 0 Å². The standard InChI is InChI=1S/C16H19N3O4.C15H16N4O3.C14H16N2O4.C8H10N4O3.CH3I.CH4N2O/c20-9-8-17-15(21)14-7-6-13-10-18(14)16(22)19(13)23-11-12-4-2-1-3-5-12;20-15-18-8-12(6-7-13(18)14-17-16-10-21-14)19(15)22-9-11-4-2-1-3-5-11;17-13(18)12-7-6-11-8-15(12)14(19)16(11)20-9-10-4-2-1-3-5-10;13-8-11-3-5(12(8)14)1-2-6(11)7-10-9-4-15-7;1-2;2-3-1-4/h1-5,9,13-14H,6-8,10-11H2,(H,17,21);1-5,10,12-13H,6-9H2;1-5,11-12H,6-9H2,(H,17,18);4-6,14H,1-3H2;1H3;1H,2H2,(H,3,4)/t13-,14+;12-,13+;11-,12+;5-,6+;;/m1111../s1/i;;;;1D;. The third-order valence-corrected chi connectivity index (χ3v) is 15.3. The Morgan fingerprint density at radius 2 is 0.988 bits per heavy atom. The molecule has 8 fully saturated rings. The van der Waals surface area contributed by atoms with Crippen molar-refractivity contribution in [1.82, 2.24) is 71.0 Å². The van der Waals surface area contributed by atoms with Gasteiger partial charge in [-0.3, -0.25) is 34.7 Å². The zero-order chi connectivity index (χ0) is 61.8. The van der Waals surface area contributed by atoms with Gasteiger partial charge in [0.1, 0.15) is 50.3 Å². The van der Waals surface area contributed by atoms with Crippen LogP contribution in [0.5, 0.6) is 0 Å². The molecule has 6 N–H and O–H groups in total. The fourth-order valence-corrected chi connectivity index (χ4v) is 11.2. The summed E-state index contributed by atoms with van der Waals surface area (Å²) in [4.78, 5) is 115. The van der Waals surface area contributed by atoms with Crippen molar-refractivity contribution in [1.29, 1.82) is 0 Å². The maximum Gasteiger partial charge on any atom is 0.345 e. The number of aliphatic carboxylic acids is 1. The minimum absolute atomic E-state index is 0.0265. The van der Waals surface area contributed by atoms with Crippen LogP contribution in [0.2, 0.25) is 0 Å². The number of hydroxylamine groups is 8. The fraction of sp³-hybridized carbons (Fsp3) is 0.455. The van der Waals surface area contributed by atoms with Crippen LogP contribution in [0.1, 0.15) is 93.3 Å². The van der Waals surface area contributed by atoms with Gasteiger partial charge in [0, 0.05) is 27.5 Å². The number of rotatable bonds is 16. The van der Waals surface area contributed by atoms with E-state index in [1.54, 1.807) is 15.2 Å². The Kier molecular flexibility index (Phi) is 22.5. The molecule has 8 bridgehead atoms. The Labute approximate surface area is 508 Å². The first-order valence-electron chi connectivity index (χ1n) is 28.3. The molecule has 0 spiro atoms. The van der Waals surface area contributed by atoms with Crippen molar-refractivity contribution in [2.75, 3.05) is 37.6 Å². The zero-order valence-electron chi connectivity index (χ0n) is 47.6. The summed E-state index contributed by atoms with van der Waals surface area (Å²) in [7, 11) is 0. The van der Waals surface area contributed by atoms with Gasteiger partial charge in [0.2, 0.25) is 36.9 Å². The number of carbonyl (C=O) groups is 8. The number of nitrogens with two attached hydrogens (primary N) is 1. The quantitative estimate of drug-likeness (QED) is 0.0174. The van der Waals surface area contributed by atoms with E-state index in [2.05, 4.69) is 31.6 Å². The second kappa shape index (κ2) is 31.1. The van der Waals surface area contributed by atoms with E-state index in [4.69, 9.17) is 34.6 Å². The molecule has 5 aromatic rings. The molecule has 13 rings (SSSR count). The van der Waals surface area contributed by atoms with Crippen LogP contribution in [0.25, 0.3) is 0 Å². The summed E-state index contributed by atoms with van der Waals surface area (Å²) < 4.78 is 16.5. The van der Waals surface area contributed by atoms with Gasteiger partial charge >= 0.3 is 30.1 Å². The molecule has 0 radical (unpaired) electrons. The molecule has 2 aromatic heterocycles. The molecule has 8 aliphatic heterocycles. The Morgan fingerprint density at radius 1 is 0.616 bits per heavy atom. The number of carbonyl (C=O) groups excluding carboxylic acids is 7. The Morgan fingerprint density at radius 3 is 1.40 bits per heavy atom. The number of carboxylic acids is 1. The number of piperidine rings is 4. The van der Waals surface area contributed by atoms with Crippen molar-refractivity contribution in [3.8, 4) is 0 Å². The molecular formula is C55H68IN15O15. The van der Waals surface area contributed by atoms with Gasteiger partial charge in [-0.2, -0.15) is 15.2 Å². The first kappa shape index (κ1) is 62.2. The van der Waals surface area contributed by atoms with E-state index < -0.39 is 18.1 Å². The Hall–Kier alpha value is -8.37. The van der Waals surface area contributed by atoms with Crippen molar-refractivity contribution in [3.63, 3.8) is 0 Å². The topological polar surface area (TPSA) is 359 Å². The van der Waals surface area contributed by atoms with Gasteiger partial charge in [-0.05, 0) is 73.0 Å². The summed E-state index contributed by atoms with van der Waals surface area (Å²) >= 11 is 1.96. The minimum atomic E-state index is -0.943. The number of aldehydes is 1. The van der Waals surface area contributed by atoms with Gasteiger partial charge < -0.3 is 43.7 Å². The maximum absolute atomic E-state index is 12.6. The highest BCUT2D eigenvalue weighted by Crippen LogP contribution is 2.39. The number of alkyl halides is 1. The minimum Gasteiger partial charge on any atom is -0.480 e. The number of nitrogens with one attached hydrogen (secondary N) is 2. The predicted molar refractivity (Wildman–Crippen MR) is 305 cm³/mol. The highest BCUT2D eigenvalue weighted by Gasteiger charge is 2.51. The second-order valence-electron chi connectivity index (χ2n) is 20.4. The molecule has 10 heterocycles. The first-order valence-corrected chi connectivity index (χ1v) is 29.1. The summed E-state index contributed by atoms with van der Waals surface area (Å²) in [5, 5.41) is 41.2. The van der Waals surface area contributed by atoms with Crippen LogP contribution in [0.3, 0.4) is 0 Å². The molecule has 86 heavy (non-hydrogen) atoms. The summed E-state index contributed by atoms with van der Waals surface area (Å²) in [5.74, 6) is 4.12. The largest absolute Gasteiger partial charge is 0.480 e. The molecule has 460 valence electrons. The lowest BCUT2D eigenvalue weighted by atomic mass is 10.0. The number of hydrogen-bond donors (Lipinski definition) is 5. The van der Waals surface area contributed by atoms with E-state index in [1.165, 1.54) is 37.8 Å². The molecule has 8 saturated heterocycles. The van der Waals surface area contributed by atoms with Crippen LogP contribution >= 0.6 is 22.6 Å². The number of carboxylic acid groups (broad SMARTS) is 1. The SMILES string of the molecule is NNC=O.O=C(O)[C@@H]1CC[C@@H]2CN1C(=O)N2OCc1ccccc1.O=C1N(O)[C@@H]2CC[C@@H](c3nnco3)N1C2.O=C1N2C[C@@H](CC[C@H]2c2nnco2)N1OCc1ccccc1.O=CCNC(=O)[C@@H]1CC[C@@H]2CN1C(=O)N2OCc1ccccc1.[2H]CI. The number of fused-ring (bicyclic) bond motifs is 8. The molecule has 8 atom stereocenters. The molecule has 0 saturated carbocycles. The van der Waals surface area contributed by atoms with E-state index in [1.807, 2.05) is 114 Å². The molecule has 10 amide bonds. The number of hydrogen-bond acceptors (Lipinski definition) is 19. The monoisotopic (exact) mass is 1310 g/mol. The number of halogens is 1. The van der Waals surface area contributed by atoms with Gasteiger partial charge in [0.15, 0.2) is 0 Å². The Bertz CT molecular complexity index is 3030. The lowest BCUT2D eigenvalue weighted by Gasteiger charge is -2.28. The molecular weight excluding hydrogens is 1240 g/mol. The molecule has 0 aliphatic carbocycles. The van der Waals surface area contributed by atoms with Gasteiger partial charge in [-0.25, -0.2) is 34.9 Å². The number of urea groups is 4. The Balaban J connectivity index is 0.000000146. The first-order chi connectivity index (χ1) is 42.3. The maximum atomic E-state index is 12.6. The molecule has 3 aromatic carbocycles. The highest BCUT2D eigenvalue weighted by molar-refractivity contribution is 14.1. The van der Waals surface area contributed by atoms with Gasteiger partial charge in [-0.1, -0.05) is 114 Å². The summed E-state index contributed by atoms with van der Waals surface area (Å²) in [6.07, 6.45) is 9.18. The fourth-order valence-electron chi connectivity index (χ4n) is 11.2. The van der Waals surface area contributed by atoms with Crippen LogP contribution in [0.4, 0.5) is 19.2 Å². The van der Waals surface area contributed by atoms with Crippen molar-refractivity contribution < 1.29 is 73.4 Å². The molecule has 8 aliphatic rings. The predicted octanol–water partition coefficient (Wildman–Crippen LogP) is 4.37. The van der Waals surface area contributed by atoms with Gasteiger partial charge in [-0.15, -0.1) is 20.4 Å². The van der Waals surface area contributed by atoms with E-state index in [9.17, 15) is 38.8 Å². The van der Waals surface area contributed by atoms with Crippen LogP contribution in [0.15, 0.2) is 113 Å². The number of hydrazine groups is 1. The highest BCUT2D eigenvalue weighted by atomic mass is 127. The van der Waals surface area contributed by atoms with Crippen molar-refractivity contribution in [3.05, 3.63) is 132 Å².